The van der Waals surface area contributed by atoms with Crippen molar-refractivity contribution >= 4 is 22.4 Å². The Balaban J connectivity index is 0.00000144. The summed E-state index contributed by atoms with van der Waals surface area (Å²) in [6.45, 7) is 0.427. The van der Waals surface area contributed by atoms with E-state index in [-0.39, 0.29) is 23.7 Å². The molecule has 6 heteroatoms. The maximum atomic E-state index is 11.8. The topological polar surface area (TPSA) is 72.2 Å². The van der Waals surface area contributed by atoms with Crippen molar-refractivity contribution in [2.75, 3.05) is 6.54 Å². The zero-order valence-electron chi connectivity index (χ0n) is 10.1. The molecule has 0 heterocycles. The van der Waals surface area contributed by atoms with Crippen molar-refractivity contribution in [1.82, 2.24) is 4.72 Å². The lowest BCUT2D eigenvalue weighted by molar-refractivity contribution is 0.294. The molecule has 0 spiro atoms. The smallest absolute Gasteiger partial charge is 0.214 e. The second kappa shape index (κ2) is 6.36. The van der Waals surface area contributed by atoms with Gasteiger partial charge in [0.15, 0.2) is 0 Å². The first-order chi connectivity index (χ1) is 7.63. The molecule has 0 aromatic heterocycles. The zero-order chi connectivity index (χ0) is 11.6. The van der Waals surface area contributed by atoms with Gasteiger partial charge in [0, 0.05) is 12.6 Å². The van der Waals surface area contributed by atoms with Crippen LogP contribution < -0.4 is 10.5 Å². The molecule has 0 aromatic rings. The summed E-state index contributed by atoms with van der Waals surface area (Å²) < 4.78 is 26.5. The van der Waals surface area contributed by atoms with Gasteiger partial charge in [0.25, 0.3) is 0 Å². The summed E-state index contributed by atoms with van der Waals surface area (Å²) in [5.74, 6) is 0.451. The van der Waals surface area contributed by atoms with E-state index in [1.807, 2.05) is 0 Å². The lowest BCUT2D eigenvalue weighted by Gasteiger charge is -2.29. The third-order valence-electron chi connectivity index (χ3n) is 3.75. The number of hydrogen-bond acceptors (Lipinski definition) is 3. The predicted molar refractivity (Wildman–Crippen MR) is 71.7 cm³/mol. The van der Waals surface area contributed by atoms with E-state index in [1.165, 1.54) is 19.3 Å². The van der Waals surface area contributed by atoms with Crippen molar-refractivity contribution < 1.29 is 8.42 Å². The van der Waals surface area contributed by atoms with Gasteiger partial charge in [0.1, 0.15) is 0 Å². The summed E-state index contributed by atoms with van der Waals surface area (Å²) in [5, 5.41) is -0.134. The molecule has 4 nitrogen and oxygen atoms in total. The van der Waals surface area contributed by atoms with Crippen LogP contribution >= 0.6 is 12.4 Å². The molecule has 2 aliphatic rings. The quantitative estimate of drug-likeness (QED) is 0.801. The lowest BCUT2D eigenvalue weighted by Crippen LogP contribution is -2.46. The highest BCUT2D eigenvalue weighted by atomic mass is 35.5. The molecule has 1 unspecified atom stereocenters. The minimum absolute atomic E-state index is 0. The van der Waals surface area contributed by atoms with Crippen LogP contribution in [-0.2, 0) is 10.0 Å². The molecular weight excluding hydrogens is 260 g/mol. The minimum Gasteiger partial charge on any atom is -0.329 e. The Morgan fingerprint density at radius 1 is 1.12 bits per heavy atom. The van der Waals surface area contributed by atoms with Gasteiger partial charge < -0.3 is 5.73 Å². The Hall–Kier alpha value is 0.160. The summed E-state index contributed by atoms with van der Waals surface area (Å²) in [6.07, 6.45) is 7.58. The highest BCUT2D eigenvalue weighted by Crippen LogP contribution is 2.30. The van der Waals surface area contributed by atoms with Crippen molar-refractivity contribution in [2.45, 2.75) is 56.2 Å². The molecule has 1 atom stereocenters. The van der Waals surface area contributed by atoms with Crippen LogP contribution in [-0.4, -0.2) is 26.3 Å². The maximum absolute atomic E-state index is 11.8. The number of hydrogen-bond donors (Lipinski definition) is 2. The van der Waals surface area contributed by atoms with Crippen molar-refractivity contribution in [3.05, 3.63) is 0 Å². The normalized spacial score (nSPS) is 24.1. The van der Waals surface area contributed by atoms with Crippen LogP contribution in [0, 0.1) is 5.92 Å². The third-order valence-corrected chi connectivity index (χ3v) is 5.73. The van der Waals surface area contributed by atoms with Gasteiger partial charge >= 0.3 is 0 Å². The van der Waals surface area contributed by atoms with Gasteiger partial charge in [-0.25, -0.2) is 13.1 Å². The molecule has 102 valence electrons. The summed E-state index contributed by atoms with van der Waals surface area (Å²) in [4.78, 5) is 0. The molecule has 2 rings (SSSR count). The second-order valence-electron chi connectivity index (χ2n) is 5.10. The first kappa shape index (κ1) is 15.2. The Morgan fingerprint density at radius 3 is 2.18 bits per heavy atom. The fraction of sp³-hybridized carbons (Fsp3) is 1.00. The summed E-state index contributed by atoms with van der Waals surface area (Å²) >= 11 is 0. The van der Waals surface area contributed by atoms with Crippen LogP contribution in [0.2, 0.25) is 0 Å². The third kappa shape index (κ3) is 4.09. The van der Waals surface area contributed by atoms with Crippen LogP contribution in [0.15, 0.2) is 0 Å². The van der Waals surface area contributed by atoms with Crippen molar-refractivity contribution in [3.63, 3.8) is 0 Å². The number of sulfonamides is 1. The summed E-state index contributed by atoms with van der Waals surface area (Å²) in [5.41, 5.74) is 5.70. The fourth-order valence-electron chi connectivity index (χ4n) is 2.56. The van der Waals surface area contributed by atoms with Crippen LogP contribution in [0.4, 0.5) is 0 Å². The highest BCUT2D eigenvalue weighted by Gasteiger charge is 2.38. The molecule has 3 N–H and O–H groups in total. The van der Waals surface area contributed by atoms with Crippen molar-refractivity contribution in [2.24, 2.45) is 11.7 Å². The zero-order valence-corrected chi connectivity index (χ0v) is 11.7. The molecule has 0 saturated heterocycles. The number of halogens is 1. The summed E-state index contributed by atoms with van der Waals surface area (Å²) in [7, 11) is -3.08. The Kier molecular flexibility index (Phi) is 5.70. The van der Waals surface area contributed by atoms with E-state index in [4.69, 9.17) is 5.73 Å². The van der Waals surface area contributed by atoms with Gasteiger partial charge in [-0.3, -0.25) is 0 Å². The predicted octanol–water partition coefficient (Wildman–Crippen LogP) is 1.40. The minimum atomic E-state index is -3.08. The number of nitrogens with one attached hydrogen (secondary N) is 1. The molecular formula is C11H23ClN2O2S. The van der Waals surface area contributed by atoms with E-state index >= 15 is 0 Å². The lowest BCUT2D eigenvalue weighted by atomic mass is 9.84. The Labute approximate surface area is 110 Å². The van der Waals surface area contributed by atoms with Gasteiger partial charge in [0.05, 0.1) is 5.25 Å². The highest BCUT2D eigenvalue weighted by molar-refractivity contribution is 7.90. The first-order valence-corrected chi connectivity index (χ1v) is 7.89. The van der Waals surface area contributed by atoms with E-state index in [2.05, 4.69) is 4.72 Å². The number of nitrogens with two attached hydrogens (primary N) is 1. The first-order valence-electron chi connectivity index (χ1n) is 6.34. The van der Waals surface area contributed by atoms with Gasteiger partial charge in [0.2, 0.25) is 10.0 Å². The molecule has 17 heavy (non-hydrogen) atoms. The molecule has 0 aromatic carbocycles. The average Bonchev–Trinajstić information content (AvgIpc) is 3.11. The average molecular weight is 283 g/mol. The van der Waals surface area contributed by atoms with Crippen molar-refractivity contribution in [3.8, 4) is 0 Å². The maximum Gasteiger partial charge on any atom is 0.214 e. The fourth-order valence-corrected chi connectivity index (χ4v) is 4.22. The van der Waals surface area contributed by atoms with Crippen LogP contribution in [0.3, 0.4) is 0 Å². The van der Waals surface area contributed by atoms with Crippen LogP contribution in [0.25, 0.3) is 0 Å². The van der Waals surface area contributed by atoms with Crippen molar-refractivity contribution in [1.29, 1.82) is 0 Å². The molecule has 0 amide bonds. The van der Waals surface area contributed by atoms with Gasteiger partial charge in [-0.1, -0.05) is 19.3 Å². The van der Waals surface area contributed by atoms with Crippen LogP contribution in [0.5, 0.6) is 0 Å². The van der Waals surface area contributed by atoms with E-state index in [0.29, 0.717) is 12.5 Å². The van der Waals surface area contributed by atoms with E-state index < -0.39 is 10.0 Å². The van der Waals surface area contributed by atoms with Gasteiger partial charge in [-0.2, -0.15) is 0 Å². The van der Waals surface area contributed by atoms with E-state index in [9.17, 15) is 8.42 Å². The standard InChI is InChI=1S/C11H22N2O2S.ClH/c12-8-11(9-4-2-1-3-5-9)13-16(14,15)10-6-7-10;/h9-11,13H,1-8,12H2;1H. The SMILES string of the molecule is Cl.NCC(NS(=O)(=O)C1CC1)C1CCCCC1. The van der Waals surface area contributed by atoms with Gasteiger partial charge in [-0.15, -0.1) is 12.4 Å². The second-order valence-corrected chi connectivity index (χ2v) is 7.09. The van der Waals surface area contributed by atoms with E-state index in [1.54, 1.807) is 0 Å². The monoisotopic (exact) mass is 282 g/mol. The molecule has 0 radical (unpaired) electrons. The van der Waals surface area contributed by atoms with E-state index in [0.717, 1.165) is 25.7 Å². The number of rotatable bonds is 5. The Morgan fingerprint density at radius 2 is 1.71 bits per heavy atom. The molecule has 0 bridgehead atoms. The largest absolute Gasteiger partial charge is 0.329 e. The van der Waals surface area contributed by atoms with Gasteiger partial charge in [-0.05, 0) is 31.6 Å². The molecule has 2 aliphatic carbocycles. The Bertz CT molecular complexity index is 324. The molecule has 2 saturated carbocycles. The summed E-state index contributed by atoms with van der Waals surface area (Å²) in [6, 6.07) is -0.0362. The molecule has 0 aliphatic heterocycles. The van der Waals surface area contributed by atoms with Crippen LogP contribution in [0.1, 0.15) is 44.9 Å². The molecule has 2 fully saturated rings.